The normalized spacial score (nSPS) is 13.2. The molecule has 0 aliphatic heterocycles. The van der Waals surface area contributed by atoms with E-state index >= 15 is 0 Å². The van der Waals surface area contributed by atoms with Gasteiger partial charge in [0.25, 0.3) is 5.91 Å². The minimum Gasteiger partial charge on any atom is -0.289 e. The lowest BCUT2D eigenvalue weighted by molar-refractivity contribution is -0.128. The molecule has 1 rings (SSSR count). The molecule has 1 atom stereocenters. The van der Waals surface area contributed by atoms with Gasteiger partial charge >= 0.3 is 0 Å². The van der Waals surface area contributed by atoms with E-state index in [1.165, 1.54) is 17.1 Å². The number of unbranched alkanes of at least 4 members (excludes halogenated alkanes) is 3. The first-order chi connectivity index (χ1) is 9.04. The highest BCUT2D eigenvalue weighted by atomic mass is 32.2. The summed E-state index contributed by atoms with van der Waals surface area (Å²) in [7, 11) is -3.82. The summed E-state index contributed by atoms with van der Waals surface area (Å²) in [6, 6.07) is 0. The van der Waals surface area contributed by atoms with Crippen LogP contribution in [0.1, 0.15) is 39.0 Å². The Balaban J connectivity index is 2.82. The molecule has 6 nitrogen and oxygen atoms in total. The highest BCUT2D eigenvalue weighted by Crippen LogP contribution is 2.22. The molecule has 0 aliphatic rings. The maximum Gasteiger partial charge on any atom is 0.262 e. The van der Waals surface area contributed by atoms with Crippen LogP contribution in [-0.4, -0.2) is 29.8 Å². The summed E-state index contributed by atoms with van der Waals surface area (Å²) in [6.07, 6.45) is 5.06. The summed E-state index contributed by atoms with van der Waals surface area (Å²) in [6.45, 7) is 2.05. The van der Waals surface area contributed by atoms with Gasteiger partial charge in [-0.25, -0.2) is 18.9 Å². The SMILES string of the molecule is CCCCCCC(C(=O)NO)S(=O)(=O)c1nccs1. The van der Waals surface area contributed by atoms with Crippen molar-refractivity contribution in [3.63, 3.8) is 0 Å². The number of nitrogens with one attached hydrogen (secondary N) is 1. The quantitative estimate of drug-likeness (QED) is 0.433. The van der Waals surface area contributed by atoms with Crippen molar-refractivity contribution in [3.8, 4) is 0 Å². The molecule has 0 aromatic carbocycles. The smallest absolute Gasteiger partial charge is 0.262 e. The van der Waals surface area contributed by atoms with Gasteiger partial charge in [0.2, 0.25) is 14.2 Å². The predicted molar refractivity (Wildman–Crippen MR) is 71.8 cm³/mol. The largest absolute Gasteiger partial charge is 0.289 e. The number of amides is 1. The number of hydrogen-bond donors (Lipinski definition) is 2. The Bertz CT molecular complexity index is 485. The lowest BCUT2D eigenvalue weighted by Crippen LogP contribution is -2.38. The van der Waals surface area contributed by atoms with Gasteiger partial charge in [-0.2, -0.15) is 0 Å². The van der Waals surface area contributed by atoms with Gasteiger partial charge in [-0.1, -0.05) is 32.6 Å². The van der Waals surface area contributed by atoms with Gasteiger partial charge in [-0.05, 0) is 6.42 Å². The third-order valence-corrected chi connectivity index (χ3v) is 6.09. The van der Waals surface area contributed by atoms with Crippen LogP contribution in [0.15, 0.2) is 15.9 Å². The third-order valence-electron chi connectivity index (χ3n) is 2.75. The molecule has 19 heavy (non-hydrogen) atoms. The number of carbonyl (C=O) groups excluding carboxylic acids is 1. The molecule has 1 amide bonds. The first-order valence-electron chi connectivity index (χ1n) is 6.11. The monoisotopic (exact) mass is 306 g/mol. The Morgan fingerprint density at radius 1 is 1.47 bits per heavy atom. The standard InChI is InChI=1S/C11H18N2O4S2/c1-2-3-4-5-6-9(10(14)13-15)19(16,17)11-12-7-8-18-11/h7-9,15H,2-6H2,1H3,(H,13,14). The zero-order valence-corrected chi connectivity index (χ0v) is 12.3. The minimum atomic E-state index is -3.82. The molecule has 1 heterocycles. The van der Waals surface area contributed by atoms with E-state index in [0.29, 0.717) is 6.42 Å². The molecular weight excluding hydrogens is 288 g/mol. The van der Waals surface area contributed by atoms with E-state index in [1.54, 1.807) is 0 Å². The maximum atomic E-state index is 12.2. The second kappa shape index (κ2) is 7.56. The van der Waals surface area contributed by atoms with Crippen LogP contribution in [0.4, 0.5) is 0 Å². The van der Waals surface area contributed by atoms with E-state index in [4.69, 9.17) is 5.21 Å². The van der Waals surface area contributed by atoms with Gasteiger partial charge in [0, 0.05) is 11.6 Å². The van der Waals surface area contributed by atoms with Crippen molar-refractivity contribution in [3.05, 3.63) is 11.6 Å². The van der Waals surface area contributed by atoms with E-state index in [-0.39, 0.29) is 10.8 Å². The second-order valence-electron chi connectivity index (χ2n) is 4.16. The van der Waals surface area contributed by atoms with E-state index in [2.05, 4.69) is 4.98 Å². The van der Waals surface area contributed by atoms with Gasteiger partial charge in [0.05, 0.1) is 0 Å². The van der Waals surface area contributed by atoms with E-state index in [1.807, 2.05) is 6.92 Å². The van der Waals surface area contributed by atoms with Crippen molar-refractivity contribution in [1.29, 1.82) is 0 Å². The van der Waals surface area contributed by atoms with Crippen molar-refractivity contribution in [2.45, 2.75) is 48.6 Å². The lowest BCUT2D eigenvalue weighted by Gasteiger charge is -2.13. The zero-order chi connectivity index (χ0) is 14.3. The van der Waals surface area contributed by atoms with Crippen molar-refractivity contribution in [1.82, 2.24) is 10.5 Å². The number of rotatable bonds is 8. The van der Waals surface area contributed by atoms with Crippen LogP contribution in [-0.2, 0) is 14.6 Å². The predicted octanol–water partition coefficient (Wildman–Crippen LogP) is 1.76. The molecular formula is C11H18N2O4S2. The minimum absolute atomic E-state index is 0.0865. The second-order valence-corrected chi connectivity index (χ2v) is 7.36. The summed E-state index contributed by atoms with van der Waals surface area (Å²) in [4.78, 5) is 15.3. The first-order valence-corrected chi connectivity index (χ1v) is 8.54. The number of carbonyl (C=O) groups is 1. The van der Waals surface area contributed by atoms with Gasteiger partial charge in [0.15, 0.2) is 0 Å². The fraction of sp³-hybridized carbons (Fsp3) is 0.636. The van der Waals surface area contributed by atoms with E-state index in [9.17, 15) is 13.2 Å². The molecule has 0 radical (unpaired) electrons. The number of nitrogens with zero attached hydrogens (tertiary/aromatic N) is 1. The highest BCUT2D eigenvalue weighted by molar-refractivity contribution is 7.94. The summed E-state index contributed by atoms with van der Waals surface area (Å²) < 4.78 is 24.4. The number of aromatic nitrogens is 1. The number of thiazole rings is 1. The topological polar surface area (TPSA) is 96.4 Å². The fourth-order valence-electron chi connectivity index (χ4n) is 1.73. The number of hydroxylamine groups is 1. The molecule has 1 aromatic heterocycles. The lowest BCUT2D eigenvalue weighted by atomic mass is 10.1. The van der Waals surface area contributed by atoms with Crippen LogP contribution in [0.5, 0.6) is 0 Å². The average Bonchev–Trinajstić information content (AvgIpc) is 2.92. The van der Waals surface area contributed by atoms with E-state index < -0.39 is 21.0 Å². The fourth-order valence-corrected chi connectivity index (χ4v) is 4.40. The summed E-state index contributed by atoms with van der Waals surface area (Å²) in [5.41, 5.74) is 1.43. The molecule has 0 bridgehead atoms. The Labute approximate surface area is 116 Å². The molecule has 1 unspecified atom stereocenters. The molecule has 0 saturated carbocycles. The Morgan fingerprint density at radius 2 is 2.21 bits per heavy atom. The van der Waals surface area contributed by atoms with Crippen LogP contribution in [0.3, 0.4) is 0 Å². The Kier molecular flexibility index (Phi) is 6.40. The van der Waals surface area contributed by atoms with Crippen molar-refractivity contribution < 1.29 is 18.4 Å². The maximum absolute atomic E-state index is 12.2. The van der Waals surface area contributed by atoms with Crippen LogP contribution in [0.25, 0.3) is 0 Å². The molecule has 108 valence electrons. The third kappa shape index (κ3) is 4.26. The van der Waals surface area contributed by atoms with Gasteiger partial charge in [0.1, 0.15) is 5.25 Å². The van der Waals surface area contributed by atoms with Crippen molar-refractivity contribution in [2.75, 3.05) is 0 Å². The van der Waals surface area contributed by atoms with Crippen LogP contribution in [0, 0.1) is 0 Å². The van der Waals surface area contributed by atoms with Crippen molar-refractivity contribution in [2.24, 2.45) is 0 Å². The molecule has 0 fully saturated rings. The van der Waals surface area contributed by atoms with Crippen molar-refractivity contribution >= 4 is 27.1 Å². The van der Waals surface area contributed by atoms with Gasteiger partial charge in [-0.15, -0.1) is 11.3 Å². The molecule has 1 aromatic rings. The van der Waals surface area contributed by atoms with Crippen LogP contribution < -0.4 is 5.48 Å². The summed E-state index contributed by atoms with van der Waals surface area (Å²) >= 11 is 0.969. The van der Waals surface area contributed by atoms with Crippen LogP contribution >= 0.6 is 11.3 Å². The Hall–Kier alpha value is -0.990. The van der Waals surface area contributed by atoms with E-state index in [0.717, 1.165) is 30.6 Å². The highest BCUT2D eigenvalue weighted by Gasteiger charge is 2.35. The average molecular weight is 306 g/mol. The zero-order valence-electron chi connectivity index (χ0n) is 10.7. The summed E-state index contributed by atoms with van der Waals surface area (Å²) in [5.74, 6) is -0.897. The molecule has 8 heteroatoms. The molecule has 0 aliphatic carbocycles. The molecule has 2 N–H and O–H groups in total. The Morgan fingerprint density at radius 3 is 2.74 bits per heavy atom. The van der Waals surface area contributed by atoms with Crippen LogP contribution in [0.2, 0.25) is 0 Å². The molecule has 0 spiro atoms. The first kappa shape index (κ1) is 16.1. The number of hydrogen-bond acceptors (Lipinski definition) is 6. The van der Waals surface area contributed by atoms with Gasteiger partial charge in [-0.3, -0.25) is 10.0 Å². The molecule has 0 saturated heterocycles. The summed E-state index contributed by atoms with van der Waals surface area (Å²) in [5, 5.41) is 8.95. The number of sulfone groups is 1. The van der Waals surface area contributed by atoms with Gasteiger partial charge < -0.3 is 0 Å².